The number of nitrogens with zero attached hydrogens (tertiary/aromatic N) is 3. The van der Waals surface area contributed by atoms with Crippen LogP contribution < -0.4 is 9.80 Å². The van der Waals surface area contributed by atoms with E-state index in [4.69, 9.17) is 0 Å². The molecular weight excluding hydrogens is 390 g/mol. The van der Waals surface area contributed by atoms with E-state index in [9.17, 15) is 0 Å². The molecule has 0 radical (unpaired) electrons. The molecule has 1 aliphatic carbocycles. The third-order valence-electron chi connectivity index (χ3n) is 7.02. The molecular formula is C26H44ClN3. The lowest BCUT2D eigenvalue weighted by Crippen LogP contribution is -2.47. The van der Waals surface area contributed by atoms with Gasteiger partial charge >= 0.3 is 0 Å². The van der Waals surface area contributed by atoms with E-state index >= 15 is 0 Å². The molecule has 1 unspecified atom stereocenters. The van der Waals surface area contributed by atoms with Gasteiger partial charge in [-0.2, -0.15) is 0 Å². The molecule has 0 spiro atoms. The Hall–Kier alpha value is -1.19. The summed E-state index contributed by atoms with van der Waals surface area (Å²) in [5, 5.41) is 0. The Morgan fingerprint density at radius 3 is 2.30 bits per heavy atom. The van der Waals surface area contributed by atoms with Crippen LogP contribution in [0.25, 0.3) is 5.57 Å². The van der Waals surface area contributed by atoms with Crippen molar-refractivity contribution in [1.29, 1.82) is 0 Å². The highest BCUT2D eigenvalue weighted by Crippen LogP contribution is 2.42. The summed E-state index contributed by atoms with van der Waals surface area (Å²) in [6.07, 6.45) is 8.91. The van der Waals surface area contributed by atoms with E-state index in [1.54, 1.807) is 5.57 Å². The van der Waals surface area contributed by atoms with Gasteiger partial charge < -0.3 is 9.80 Å². The highest BCUT2D eigenvalue weighted by molar-refractivity contribution is 5.85. The highest BCUT2D eigenvalue weighted by Gasteiger charge is 2.28. The number of unbranched alkanes of at least 4 members (excludes halogenated alkanes) is 1. The van der Waals surface area contributed by atoms with Crippen LogP contribution in [0.4, 0.5) is 11.4 Å². The molecule has 1 heterocycles. The Kier molecular flexibility index (Phi) is 9.12. The highest BCUT2D eigenvalue weighted by atomic mass is 35.5. The zero-order chi connectivity index (χ0) is 21.0. The molecule has 1 aliphatic heterocycles. The van der Waals surface area contributed by atoms with Crippen LogP contribution in [-0.2, 0) is 0 Å². The summed E-state index contributed by atoms with van der Waals surface area (Å²) in [6.45, 7) is 15.4. The van der Waals surface area contributed by atoms with E-state index in [1.807, 2.05) is 0 Å². The molecule has 2 aliphatic rings. The second-order valence-corrected chi connectivity index (χ2v) is 10.3. The second-order valence-electron chi connectivity index (χ2n) is 10.3. The standard InChI is InChI=1S/C26H43N3.ClH/c1-7-8-15-28-16-18-29(19-17-28)25-20-23(27(5)6)13-14-24(25)21-9-11-22(12-10-21)26(2,3)4;/h9,13-14,20,22H,7-8,10-12,15-19H2,1-6H3;1H. The molecule has 1 saturated heterocycles. The maximum Gasteiger partial charge on any atom is 0.0464 e. The molecule has 4 heteroatoms. The van der Waals surface area contributed by atoms with Crippen LogP contribution in [0.1, 0.15) is 65.4 Å². The molecule has 0 amide bonds. The number of allylic oxidation sites excluding steroid dienone is 2. The summed E-state index contributed by atoms with van der Waals surface area (Å²) in [6, 6.07) is 7.11. The Bertz CT molecular complexity index is 697. The third-order valence-corrected chi connectivity index (χ3v) is 7.02. The zero-order valence-corrected chi connectivity index (χ0v) is 21.0. The summed E-state index contributed by atoms with van der Waals surface area (Å²) in [7, 11) is 4.30. The summed E-state index contributed by atoms with van der Waals surface area (Å²) in [4.78, 5) is 7.51. The van der Waals surface area contributed by atoms with Crippen molar-refractivity contribution in [2.75, 3.05) is 56.6 Å². The van der Waals surface area contributed by atoms with E-state index in [2.05, 4.69) is 80.8 Å². The Morgan fingerprint density at radius 2 is 1.77 bits per heavy atom. The van der Waals surface area contributed by atoms with Crippen molar-refractivity contribution in [2.24, 2.45) is 11.3 Å². The van der Waals surface area contributed by atoms with Crippen molar-refractivity contribution in [2.45, 2.75) is 59.8 Å². The fourth-order valence-electron chi connectivity index (χ4n) is 4.79. The van der Waals surface area contributed by atoms with Crippen molar-refractivity contribution in [3.8, 4) is 0 Å². The van der Waals surface area contributed by atoms with Gasteiger partial charge in [0.1, 0.15) is 0 Å². The molecule has 0 saturated carbocycles. The van der Waals surface area contributed by atoms with Gasteiger partial charge in [-0.25, -0.2) is 0 Å². The van der Waals surface area contributed by atoms with Crippen molar-refractivity contribution in [1.82, 2.24) is 4.90 Å². The summed E-state index contributed by atoms with van der Waals surface area (Å²) in [5.74, 6) is 0.804. The van der Waals surface area contributed by atoms with E-state index in [-0.39, 0.29) is 12.4 Å². The number of anilines is 2. The lowest BCUT2D eigenvalue weighted by Gasteiger charge is -2.38. The van der Waals surface area contributed by atoms with Crippen LogP contribution in [-0.4, -0.2) is 51.7 Å². The average molecular weight is 434 g/mol. The molecule has 1 aromatic carbocycles. The number of rotatable bonds is 6. The maximum absolute atomic E-state index is 2.64. The number of benzene rings is 1. The maximum atomic E-state index is 2.64. The predicted molar refractivity (Wildman–Crippen MR) is 136 cm³/mol. The first kappa shape index (κ1) is 25.1. The minimum atomic E-state index is 0. The molecule has 1 fully saturated rings. The minimum absolute atomic E-state index is 0. The van der Waals surface area contributed by atoms with E-state index < -0.39 is 0 Å². The smallest absolute Gasteiger partial charge is 0.0464 e. The predicted octanol–water partition coefficient (Wildman–Crippen LogP) is 6.33. The summed E-state index contributed by atoms with van der Waals surface area (Å²) < 4.78 is 0. The number of piperazine rings is 1. The molecule has 3 rings (SSSR count). The van der Waals surface area contributed by atoms with Crippen molar-refractivity contribution in [3.63, 3.8) is 0 Å². The Balaban J connectivity index is 0.00000320. The van der Waals surface area contributed by atoms with Crippen molar-refractivity contribution in [3.05, 3.63) is 29.8 Å². The second kappa shape index (κ2) is 10.9. The van der Waals surface area contributed by atoms with Crippen LogP contribution in [0.2, 0.25) is 0 Å². The Labute approximate surface area is 191 Å². The van der Waals surface area contributed by atoms with Gasteiger partial charge in [-0.05, 0) is 61.3 Å². The lowest BCUT2D eigenvalue weighted by atomic mass is 9.72. The fraction of sp³-hybridized carbons (Fsp3) is 0.692. The van der Waals surface area contributed by atoms with E-state index in [1.165, 1.54) is 68.7 Å². The first-order valence-corrected chi connectivity index (χ1v) is 11.8. The minimum Gasteiger partial charge on any atom is -0.378 e. The van der Waals surface area contributed by atoms with E-state index in [0.29, 0.717) is 5.41 Å². The molecule has 1 aromatic rings. The topological polar surface area (TPSA) is 9.72 Å². The number of halogens is 1. The largest absolute Gasteiger partial charge is 0.378 e. The lowest BCUT2D eigenvalue weighted by molar-refractivity contribution is 0.225. The average Bonchev–Trinajstić information content (AvgIpc) is 2.71. The zero-order valence-electron chi connectivity index (χ0n) is 20.2. The van der Waals surface area contributed by atoms with Gasteiger partial charge in [0.05, 0.1) is 0 Å². The van der Waals surface area contributed by atoms with Gasteiger partial charge in [0.15, 0.2) is 0 Å². The monoisotopic (exact) mass is 433 g/mol. The van der Waals surface area contributed by atoms with Gasteiger partial charge in [0, 0.05) is 57.2 Å². The van der Waals surface area contributed by atoms with Gasteiger partial charge in [-0.15, -0.1) is 12.4 Å². The van der Waals surface area contributed by atoms with Crippen LogP contribution in [0.5, 0.6) is 0 Å². The first-order chi connectivity index (χ1) is 13.8. The molecule has 0 bridgehead atoms. The van der Waals surface area contributed by atoms with Gasteiger partial charge in [0.2, 0.25) is 0 Å². The van der Waals surface area contributed by atoms with Crippen LogP contribution in [0.15, 0.2) is 24.3 Å². The first-order valence-electron chi connectivity index (χ1n) is 11.8. The molecule has 0 aromatic heterocycles. The summed E-state index contributed by atoms with van der Waals surface area (Å²) >= 11 is 0. The van der Waals surface area contributed by atoms with Gasteiger partial charge in [0.25, 0.3) is 0 Å². The molecule has 0 N–H and O–H groups in total. The van der Waals surface area contributed by atoms with Crippen molar-refractivity contribution < 1.29 is 0 Å². The van der Waals surface area contributed by atoms with Crippen LogP contribution >= 0.6 is 12.4 Å². The molecule has 170 valence electrons. The summed E-state index contributed by atoms with van der Waals surface area (Å²) in [5.41, 5.74) is 6.21. The SMILES string of the molecule is CCCCN1CCN(c2cc(N(C)C)ccc2C2=CCC(C(C)(C)C)CC2)CC1.Cl. The molecule has 1 atom stereocenters. The quantitative estimate of drug-likeness (QED) is 0.519. The van der Waals surface area contributed by atoms with Crippen LogP contribution in [0, 0.1) is 11.3 Å². The van der Waals surface area contributed by atoms with Gasteiger partial charge in [-0.3, -0.25) is 4.90 Å². The Morgan fingerprint density at radius 1 is 1.07 bits per heavy atom. The fourth-order valence-corrected chi connectivity index (χ4v) is 4.79. The molecule has 30 heavy (non-hydrogen) atoms. The molecule has 3 nitrogen and oxygen atoms in total. The van der Waals surface area contributed by atoms with E-state index in [0.717, 1.165) is 19.0 Å². The normalized spacial score (nSPS) is 20.5. The third kappa shape index (κ3) is 6.17. The number of hydrogen-bond acceptors (Lipinski definition) is 3. The van der Waals surface area contributed by atoms with Crippen LogP contribution in [0.3, 0.4) is 0 Å². The van der Waals surface area contributed by atoms with Crippen molar-refractivity contribution >= 4 is 29.4 Å². The number of hydrogen-bond donors (Lipinski definition) is 0. The van der Waals surface area contributed by atoms with Gasteiger partial charge in [-0.1, -0.05) is 46.3 Å².